The third-order valence-electron chi connectivity index (χ3n) is 4.03. The highest BCUT2D eigenvalue weighted by Crippen LogP contribution is 2.36. The van der Waals surface area contributed by atoms with Gasteiger partial charge in [-0.05, 0) is 47.2 Å². The summed E-state index contributed by atoms with van der Waals surface area (Å²) in [4.78, 5) is 6.74. The van der Waals surface area contributed by atoms with Crippen molar-refractivity contribution < 1.29 is 0 Å². The number of hydrogen-bond donors (Lipinski definition) is 1. The molecule has 1 N–H and O–H groups in total. The fourth-order valence-electron chi connectivity index (χ4n) is 2.48. The molecule has 1 saturated carbocycles. The molecule has 4 heteroatoms. The third-order valence-corrected chi connectivity index (χ3v) is 4.03. The van der Waals surface area contributed by atoms with Gasteiger partial charge in [0.15, 0.2) is 0 Å². The first kappa shape index (κ1) is 12.4. The third kappa shape index (κ3) is 2.32. The molecule has 1 aliphatic carbocycles. The Balaban J connectivity index is 2.00. The van der Waals surface area contributed by atoms with E-state index in [1.54, 1.807) is 0 Å². The molecule has 1 aromatic rings. The van der Waals surface area contributed by atoms with Crippen LogP contribution >= 0.6 is 0 Å². The van der Waals surface area contributed by atoms with Crippen LogP contribution in [0.3, 0.4) is 0 Å². The minimum atomic E-state index is 0.341. The summed E-state index contributed by atoms with van der Waals surface area (Å²) in [5, 5.41) is 3.51. The monoisotopic (exact) mass is 236 g/mol. The molecule has 96 valence electrons. The molecular weight excluding hydrogens is 212 g/mol. The number of aromatic nitrogens is 2. The molecule has 0 amide bonds. The van der Waals surface area contributed by atoms with E-state index in [-0.39, 0.29) is 0 Å². The van der Waals surface area contributed by atoms with Gasteiger partial charge in [-0.1, -0.05) is 0 Å². The van der Waals surface area contributed by atoms with E-state index in [1.165, 1.54) is 19.3 Å². The normalized spacial score (nSPS) is 18.5. The van der Waals surface area contributed by atoms with Crippen LogP contribution in [0.4, 0.5) is 5.95 Å². The van der Waals surface area contributed by atoms with E-state index in [9.17, 15) is 0 Å². The molecule has 1 aromatic heterocycles. The first-order chi connectivity index (χ1) is 8.05. The first-order valence-corrected chi connectivity index (χ1v) is 6.49. The molecule has 0 atom stereocenters. The number of rotatable bonds is 5. The van der Waals surface area contributed by atoms with E-state index in [4.69, 9.17) is 0 Å². The molecule has 0 aliphatic heterocycles. The smallest absolute Gasteiger partial charge is 0.203 e. The largest absolute Gasteiger partial charge is 0.354 e. The fraction of sp³-hybridized carbons (Fsp3) is 0.769. The number of nitrogens with zero attached hydrogens (tertiary/aromatic N) is 3. The van der Waals surface area contributed by atoms with Gasteiger partial charge in [0, 0.05) is 30.5 Å². The van der Waals surface area contributed by atoms with Crippen molar-refractivity contribution in [1.82, 2.24) is 14.5 Å². The zero-order chi connectivity index (χ0) is 12.5. The molecule has 0 saturated heterocycles. The molecule has 1 heterocycles. The van der Waals surface area contributed by atoms with E-state index in [0.717, 1.165) is 12.5 Å². The van der Waals surface area contributed by atoms with Crippen LogP contribution in [0, 0.1) is 0 Å². The SMILES string of the molecule is CC(C)n1ccnc1NCC1(N(C)C)CCC1. The van der Waals surface area contributed by atoms with Crippen molar-refractivity contribution >= 4 is 5.95 Å². The molecule has 0 unspecified atom stereocenters. The standard InChI is InChI=1S/C13H24N4/c1-11(2)17-9-8-14-12(17)15-10-13(16(3)4)6-5-7-13/h8-9,11H,5-7,10H2,1-4H3,(H,14,15). The maximum absolute atomic E-state index is 4.39. The molecule has 0 bridgehead atoms. The second-order valence-corrected chi connectivity index (χ2v) is 5.58. The quantitative estimate of drug-likeness (QED) is 0.852. The number of hydrogen-bond acceptors (Lipinski definition) is 3. The van der Waals surface area contributed by atoms with Crippen LogP contribution in [0.25, 0.3) is 0 Å². The van der Waals surface area contributed by atoms with E-state index >= 15 is 0 Å². The molecule has 4 nitrogen and oxygen atoms in total. The molecule has 1 fully saturated rings. The highest BCUT2D eigenvalue weighted by Gasteiger charge is 2.38. The van der Waals surface area contributed by atoms with Gasteiger partial charge in [0.25, 0.3) is 0 Å². The number of nitrogens with one attached hydrogen (secondary N) is 1. The minimum Gasteiger partial charge on any atom is -0.354 e. The van der Waals surface area contributed by atoms with Crippen LogP contribution in [-0.4, -0.2) is 40.6 Å². The first-order valence-electron chi connectivity index (χ1n) is 6.49. The molecule has 0 spiro atoms. The predicted molar refractivity (Wildman–Crippen MR) is 71.4 cm³/mol. The van der Waals surface area contributed by atoms with Gasteiger partial charge in [0.1, 0.15) is 0 Å². The Morgan fingerprint density at radius 1 is 1.47 bits per heavy atom. The van der Waals surface area contributed by atoms with Crippen molar-refractivity contribution in [3.8, 4) is 0 Å². The maximum atomic E-state index is 4.39. The highest BCUT2D eigenvalue weighted by molar-refractivity contribution is 5.28. The van der Waals surface area contributed by atoms with Crippen LogP contribution in [0.15, 0.2) is 12.4 Å². The summed E-state index contributed by atoms with van der Waals surface area (Å²) < 4.78 is 2.18. The Bertz CT molecular complexity index is 363. The van der Waals surface area contributed by atoms with Gasteiger partial charge < -0.3 is 14.8 Å². The molecule has 0 aromatic carbocycles. The fourth-order valence-corrected chi connectivity index (χ4v) is 2.48. The summed E-state index contributed by atoms with van der Waals surface area (Å²) in [7, 11) is 4.35. The molecular formula is C13H24N4. The summed E-state index contributed by atoms with van der Waals surface area (Å²) in [5.41, 5.74) is 0.341. The van der Waals surface area contributed by atoms with Crippen LogP contribution in [0.2, 0.25) is 0 Å². The number of imidazole rings is 1. The van der Waals surface area contributed by atoms with Crippen molar-refractivity contribution in [1.29, 1.82) is 0 Å². The number of likely N-dealkylation sites (N-methyl/N-ethyl adjacent to an activating group) is 1. The lowest BCUT2D eigenvalue weighted by Crippen LogP contribution is -2.54. The summed E-state index contributed by atoms with van der Waals surface area (Å²) in [6, 6.07) is 0.455. The maximum Gasteiger partial charge on any atom is 0.203 e. The average molecular weight is 236 g/mol. The van der Waals surface area contributed by atoms with Crippen LogP contribution in [0.1, 0.15) is 39.2 Å². The average Bonchev–Trinajstić information content (AvgIpc) is 2.63. The van der Waals surface area contributed by atoms with E-state index in [0.29, 0.717) is 11.6 Å². The van der Waals surface area contributed by atoms with Gasteiger partial charge in [0.2, 0.25) is 5.95 Å². The van der Waals surface area contributed by atoms with Gasteiger partial charge in [-0.3, -0.25) is 0 Å². The van der Waals surface area contributed by atoms with E-state index < -0.39 is 0 Å². The summed E-state index contributed by atoms with van der Waals surface area (Å²) >= 11 is 0. The summed E-state index contributed by atoms with van der Waals surface area (Å²) in [6.07, 6.45) is 7.82. The zero-order valence-corrected chi connectivity index (χ0v) is 11.4. The summed E-state index contributed by atoms with van der Waals surface area (Å²) in [5.74, 6) is 0.994. The van der Waals surface area contributed by atoms with Crippen molar-refractivity contribution in [2.45, 2.75) is 44.7 Å². The van der Waals surface area contributed by atoms with Crippen LogP contribution in [-0.2, 0) is 0 Å². The van der Waals surface area contributed by atoms with Crippen molar-refractivity contribution in [2.24, 2.45) is 0 Å². The van der Waals surface area contributed by atoms with Crippen molar-refractivity contribution in [3.05, 3.63) is 12.4 Å². The number of anilines is 1. The minimum absolute atomic E-state index is 0.341. The van der Waals surface area contributed by atoms with Gasteiger partial charge in [0.05, 0.1) is 0 Å². The van der Waals surface area contributed by atoms with Crippen LogP contribution in [0.5, 0.6) is 0 Å². The lowest BCUT2D eigenvalue weighted by molar-refractivity contribution is 0.0736. The van der Waals surface area contributed by atoms with Gasteiger partial charge in [-0.2, -0.15) is 0 Å². The zero-order valence-electron chi connectivity index (χ0n) is 11.4. The Labute approximate surface area is 104 Å². The summed E-state index contributed by atoms with van der Waals surface area (Å²) in [6.45, 7) is 5.35. The predicted octanol–water partition coefficient (Wildman–Crippen LogP) is 2.36. The lowest BCUT2D eigenvalue weighted by atomic mass is 9.75. The second-order valence-electron chi connectivity index (χ2n) is 5.58. The lowest BCUT2D eigenvalue weighted by Gasteiger charge is -2.47. The molecule has 2 rings (SSSR count). The highest BCUT2D eigenvalue weighted by atomic mass is 15.2. The van der Waals surface area contributed by atoms with Crippen molar-refractivity contribution in [2.75, 3.05) is 26.0 Å². The topological polar surface area (TPSA) is 33.1 Å². The van der Waals surface area contributed by atoms with Gasteiger partial charge >= 0.3 is 0 Å². The van der Waals surface area contributed by atoms with Crippen LogP contribution < -0.4 is 5.32 Å². The molecule has 17 heavy (non-hydrogen) atoms. The second kappa shape index (κ2) is 4.69. The molecule has 0 radical (unpaired) electrons. The molecule has 1 aliphatic rings. The van der Waals surface area contributed by atoms with Gasteiger partial charge in [-0.25, -0.2) is 4.98 Å². The van der Waals surface area contributed by atoms with Crippen molar-refractivity contribution in [3.63, 3.8) is 0 Å². The van der Waals surface area contributed by atoms with Gasteiger partial charge in [-0.15, -0.1) is 0 Å². The Kier molecular flexibility index (Phi) is 3.43. The Morgan fingerprint density at radius 2 is 2.18 bits per heavy atom. The van der Waals surface area contributed by atoms with E-state index in [2.05, 4.69) is 47.7 Å². The Hall–Kier alpha value is -1.03. The Morgan fingerprint density at radius 3 is 2.65 bits per heavy atom. The van der Waals surface area contributed by atoms with E-state index in [1.807, 2.05) is 12.4 Å².